The van der Waals surface area contributed by atoms with Crippen molar-refractivity contribution in [2.24, 2.45) is 14.1 Å². The molecule has 2 fully saturated rings. The number of likely N-dealkylation sites (tertiary alicyclic amines) is 1. The molecule has 0 bridgehead atoms. The van der Waals surface area contributed by atoms with Crippen molar-refractivity contribution in [3.63, 3.8) is 0 Å². The lowest BCUT2D eigenvalue weighted by Gasteiger charge is -2.14. The highest BCUT2D eigenvalue weighted by Gasteiger charge is 2.32. The Kier molecular flexibility index (Phi) is 14.8. The zero-order valence-electron chi connectivity index (χ0n) is 43.1. The number of hydrogen-bond donors (Lipinski definition) is 4. The van der Waals surface area contributed by atoms with E-state index in [0.717, 1.165) is 12.8 Å². The fourth-order valence-corrected chi connectivity index (χ4v) is 9.65. The predicted octanol–water partition coefficient (Wildman–Crippen LogP) is 6.88. The molecule has 81 heavy (non-hydrogen) atoms. The summed E-state index contributed by atoms with van der Waals surface area (Å²) in [7, 11) is 5.18. The van der Waals surface area contributed by atoms with Crippen LogP contribution in [0.5, 0.6) is 34.5 Å². The van der Waals surface area contributed by atoms with Crippen molar-refractivity contribution in [3.8, 4) is 57.0 Å². The van der Waals surface area contributed by atoms with Crippen LogP contribution in [0.2, 0.25) is 0 Å². The lowest BCUT2D eigenvalue weighted by atomic mass is 10.1. The number of likely N-dealkylation sites (N-methyl/N-ethyl adjacent to an activating group) is 1. The van der Waals surface area contributed by atoms with E-state index in [9.17, 15) is 37.4 Å². The number of aliphatic hydroxyl groups excluding tert-OH is 2. The predicted molar refractivity (Wildman–Crippen MR) is 278 cm³/mol. The second kappa shape index (κ2) is 22.5. The number of aromatic nitrogens is 14. The third-order valence-electron chi connectivity index (χ3n) is 13.2. The lowest BCUT2D eigenvalue weighted by molar-refractivity contribution is -0.0501. The number of amides is 2. The molecule has 0 radical (unpaired) electrons. The van der Waals surface area contributed by atoms with E-state index >= 15 is 0 Å². The Morgan fingerprint density at radius 2 is 1.10 bits per heavy atom. The molecule has 1 aliphatic carbocycles. The monoisotopic (exact) mass is 1120 g/mol. The Labute approximate surface area is 455 Å². The van der Waals surface area contributed by atoms with Crippen LogP contribution in [-0.2, 0) is 14.1 Å². The number of ether oxygens (including phenoxy) is 4. The second-order valence-corrected chi connectivity index (χ2v) is 18.9. The van der Waals surface area contributed by atoms with E-state index in [1.165, 1.54) is 79.6 Å². The molecular weight excluding hydrogens is 1070 g/mol. The number of hydrogen-bond acceptors (Lipinski definition) is 17. The van der Waals surface area contributed by atoms with Gasteiger partial charge in [0, 0.05) is 64.4 Å². The standard InChI is InChI=1S/C26H25F2N9O4.C26H24F2N8O4/c1-34-13-20(21(38)14-34)37-11-16(9-30-37)40-15-4-5-22(41-26(27)28)17(8-15)23-19(12-35(2)33-23)32-25(39)18-10-31-36-7-3-6-29-24(18)36;1-34-14-19(32-25(38)18-12-31-35-9-3-8-29-24(18)35)23(33-34)17-10-15(6-7-22(17)40-26(27)28)39-16-11-30-36(13-16)20-4-2-5-21(20)37/h3-12,20-21,26,38H,13-14H2,1-2H3,(H,32,39);3,6-14,20-21,26,37H,2,4-5H2,1H3,(H,32,38). The number of rotatable bonds is 16. The maximum Gasteiger partial charge on any atom is 0.387 e. The van der Waals surface area contributed by atoms with Gasteiger partial charge >= 0.3 is 13.2 Å². The van der Waals surface area contributed by atoms with Gasteiger partial charge in [0.2, 0.25) is 0 Å². The Morgan fingerprint density at radius 3 is 1.54 bits per heavy atom. The van der Waals surface area contributed by atoms with Crippen molar-refractivity contribution in [3.05, 3.63) is 134 Å². The number of halogens is 4. The van der Waals surface area contributed by atoms with Gasteiger partial charge in [-0.05, 0) is 74.8 Å². The topological polar surface area (TPSA) is 270 Å². The molecular formula is C52H49F4N17O8. The van der Waals surface area contributed by atoms with Gasteiger partial charge in [-0.3, -0.25) is 28.3 Å². The molecule has 12 rings (SSSR count). The van der Waals surface area contributed by atoms with Gasteiger partial charge in [0.15, 0.2) is 22.8 Å². The summed E-state index contributed by atoms with van der Waals surface area (Å²) < 4.78 is 83.8. The van der Waals surface area contributed by atoms with Gasteiger partial charge in [-0.25, -0.2) is 19.0 Å². The third kappa shape index (κ3) is 11.6. The van der Waals surface area contributed by atoms with Gasteiger partial charge in [0.1, 0.15) is 45.5 Å². The second-order valence-electron chi connectivity index (χ2n) is 18.9. The first-order valence-corrected chi connectivity index (χ1v) is 25.0. The minimum absolute atomic E-state index is 0.127. The van der Waals surface area contributed by atoms with Gasteiger partial charge in [-0.1, -0.05) is 0 Å². The Hall–Kier alpha value is -9.74. The van der Waals surface area contributed by atoms with Crippen LogP contribution in [0.4, 0.5) is 28.9 Å². The molecule has 4 unspecified atom stereocenters. The van der Waals surface area contributed by atoms with Crippen molar-refractivity contribution in [2.45, 2.75) is 56.8 Å². The molecule has 4 N–H and O–H groups in total. The summed E-state index contributed by atoms with van der Waals surface area (Å²) in [5.41, 5.74) is 2.35. The molecule has 1 aliphatic heterocycles. The largest absolute Gasteiger partial charge is 0.454 e. The zero-order valence-corrected chi connectivity index (χ0v) is 43.1. The number of alkyl halides is 4. The van der Waals surface area contributed by atoms with Gasteiger partial charge < -0.3 is 44.7 Å². The van der Waals surface area contributed by atoms with E-state index in [1.807, 2.05) is 11.9 Å². The molecule has 418 valence electrons. The number of carbonyl (C=O) groups excluding carboxylic acids is 2. The van der Waals surface area contributed by atoms with E-state index in [1.54, 1.807) is 85.2 Å². The van der Waals surface area contributed by atoms with Crippen LogP contribution in [0.3, 0.4) is 0 Å². The molecule has 9 heterocycles. The Morgan fingerprint density at radius 1 is 0.605 bits per heavy atom. The number of fused-ring (bicyclic) bond motifs is 2. The molecule has 10 aromatic rings. The summed E-state index contributed by atoms with van der Waals surface area (Å²) in [5.74, 6) is 0.0546. The molecule has 1 saturated carbocycles. The van der Waals surface area contributed by atoms with Gasteiger partial charge in [-0.15, -0.1) is 0 Å². The molecule has 8 aromatic heterocycles. The van der Waals surface area contributed by atoms with Crippen LogP contribution in [0, 0.1) is 0 Å². The first kappa shape index (κ1) is 53.3. The highest BCUT2D eigenvalue weighted by Crippen LogP contribution is 2.41. The average molecular weight is 1120 g/mol. The summed E-state index contributed by atoms with van der Waals surface area (Å²) in [4.78, 5) is 36.7. The fourth-order valence-electron chi connectivity index (χ4n) is 9.65. The van der Waals surface area contributed by atoms with Gasteiger partial charge in [0.25, 0.3) is 11.8 Å². The highest BCUT2D eigenvalue weighted by atomic mass is 19.3. The van der Waals surface area contributed by atoms with Crippen LogP contribution >= 0.6 is 0 Å². The maximum absolute atomic E-state index is 13.3. The quantitative estimate of drug-likeness (QED) is 0.0718. The molecule has 4 atom stereocenters. The van der Waals surface area contributed by atoms with Crippen molar-refractivity contribution >= 4 is 34.5 Å². The Balaban J connectivity index is 0.000000170. The third-order valence-corrected chi connectivity index (χ3v) is 13.2. The fraction of sp³-hybridized carbons (Fsp3) is 0.269. The van der Waals surface area contributed by atoms with E-state index in [2.05, 4.69) is 51.2 Å². The van der Waals surface area contributed by atoms with Crippen molar-refractivity contribution < 1.29 is 56.3 Å². The van der Waals surface area contributed by atoms with Crippen LogP contribution in [0.25, 0.3) is 33.8 Å². The summed E-state index contributed by atoms with van der Waals surface area (Å²) in [6, 6.07) is 11.6. The normalized spacial score (nSPS) is 17.2. The van der Waals surface area contributed by atoms with E-state index in [-0.39, 0.29) is 68.6 Å². The molecule has 2 aliphatic rings. The van der Waals surface area contributed by atoms with Crippen molar-refractivity contribution in [2.75, 3.05) is 30.8 Å². The molecule has 2 amide bonds. The Bertz CT molecular complexity index is 3890. The van der Waals surface area contributed by atoms with Crippen LogP contribution in [0.1, 0.15) is 52.1 Å². The first-order valence-electron chi connectivity index (χ1n) is 25.0. The zero-order chi connectivity index (χ0) is 56.5. The lowest BCUT2D eigenvalue weighted by Crippen LogP contribution is -2.22. The molecule has 1 saturated heterocycles. The SMILES string of the molecule is CN1CC(O)C(n2cc(Oc3ccc(OC(F)F)c(-c4nn(C)cc4NC(=O)c4cnn5cccnc45)c3)cn2)C1.Cn1cc(NC(=O)c2cnn3cccnc23)c(-c2cc(Oc3cnn(C4CCCC4O)c3)ccc2OC(F)F)n1. The van der Waals surface area contributed by atoms with Crippen molar-refractivity contribution in [1.29, 1.82) is 0 Å². The molecule has 0 spiro atoms. The summed E-state index contributed by atoms with van der Waals surface area (Å²) in [6.07, 6.45) is 20.0. The molecule has 2 aromatic carbocycles. The maximum atomic E-state index is 13.3. The number of aryl methyl sites for hydroxylation is 2. The summed E-state index contributed by atoms with van der Waals surface area (Å²) >= 11 is 0. The number of aliphatic hydroxyl groups is 2. The number of anilines is 2. The van der Waals surface area contributed by atoms with Crippen LogP contribution < -0.4 is 29.6 Å². The number of benzene rings is 2. The van der Waals surface area contributed by atoms with Crippen LogP contribution in [0.15, 0.2) is 123 Å². The van der Waals surface area contributed by atoms with E-state index < -0.39 is 37.2 Å². The number of nitrogens with one attached hydrogen (secondary N) is 2. The number of β-amino-alcohol motifs (C(OH)–C–C–N with tert-alkyl or cyclic N) is 1. The van der Waals surface area contributed by atoms with Gasteiger partial charge in [0.05, 0.1) is 84.0 Å². The smallest absolute Gasteiger partial charge is 0.387 e. The van der Waals surface area contributed by atoms with E-state index in [4.69, 9.17) is 18.9 Å². The minimum Gasteiger partial charge on any atom is -0.454 e. The highest BCUT2D eigenvalue weighted by molar-refractivity contribution is 6.10. The molecule has 25 nitrogen and oxygen atoms in total. The average Bonchev–Trinajstić information content (AvgIpc) is 4.32. The number of carbonyl (C=O) groups is 2. The summed E-state index contributed by atoms with van der Waals surface area (Å²) in [5, 5.41) is 51.7. The van der Waals surface area contributed by atoms with Crippen LogP contribution in [-0.4, -0.2) is 141 Å². The van der Waals surface area contributed by atoms with Gasteiger partial charge in [-0.2, -0.15) is 48.2 Å². The summed E-state index contributed by atoms with van der Waals surface area (Å²) in [6.45, 7) is -5.02. The minimum atomic E-state index is -3.10. The molecule has 29 heteroatoms. The van der Waals surface area contributed by atoms with Crippen molar-refractivity contribution in [1.82, 2.24) is 73.2 Å². The van der Waals surface area contributed by atoms with E-state index in [0.29, 0.717) is 53.8 Å². The first-order chi connectivity index (χ1) is 39.1. The number of nitrogens with zero attached hydrogens (tertiary/aromatic N) is 15.